The number of carbonyl (C=O) groups is 2. The lowest BCUT2D eigenvalue weighted by Crippen LogP contribution is -2.47. The van der Waals surface area contributed by atoms with Crippen LogP contribution in [0.5, 0.6) is 0 Å². The van der Waals surface area contributed by atoms with E-state index in [1.54, 1.807) is 0 Å². The second-order valence-corrected chi connectivity index (χ2v) is 7.40. The number of likely N-dealkylation sites (tertiary alicyclic amines) is 1. The van der Waals surface area contributed by atoms with Gasteiger partial charge in [-0.05, 0) is 50.6 Å². The molecule has 1 aromatic rings. The molecule has 2 saturated heterocycles. The summed E-state index contributed by atoms with van der Waals surface area (Å²) in [6.45, 7) is 5.24. The Balaban J connectivity index is 0.00000243. The Hall–Kier alpha value is -1.59. The van der Waals surface area contributed by atoms with Gasteiger partial charge in [0, 0.05) is 19.6 Å². The summed E-state index contributed by atoms with van der Waals surface area (Å²) >= 11 is 0. The molecule has 0 radical (unpaired) electrons. The minimum atomic E-state index is -0.0251. The fourth-order valence-corrected chi connectivity index (χ4v) is 3.73. The van der Waals surface area contributed by atoms with Crippen LogP contribution in [-0.4, -0.2) is 48.9 Å². The van der Waals surface area contributed by atoms with Crippen molar-refractivity contribution < 1.29 is 9.59 Å². The van der Waals surface area contributed by atoms with Gasteiger partial charge in [0.2, 0.25) is 11.8 Å². The second kappa shape index (κ2) is 9.93. The van der Waals surface area contributed by atoms with Crippen LogP contribution >= 0.6 is 12.4 Å². The van der Waals surface area contributed by atoms with E-state index in [-0.39, 0.29) is 30.3 Å². The predicted octanol–water partition coefficient (Wildman–Crippen LogP) is 2.07. The van der Waals surface area contributed by atoms with Gasteiger partial charge in [0.05, 0.1) is 12.5 Å². The summed E-state index contributed by atoms with van der Waals surface area (Å²) in [6, 6.07) is 8.14. The van der Waals surface area contributed by atoms with Gasteiger partial charge in [-0.1, -0.05) is 29.8 Å². The van der Waals surface area contributed by atoms with Crippen LogP contribution in [0.2, 0.25) is 0 Å². The lowest BCUT2D eigenvalue weighted by molar-refractivity contribution is -0.132. The molecule has 0 aromatic heterocycles. The molecule has 2 unspecified atom stereocenters. The average Bonchev–Trinajstić information content (AvgIpc) is 3.16. The zero-order chi connectivity index (χ0) is 17.6. The quantitative estimate of drug-likeness (QED) is 0.823. The van der Waals surface area contributed by atoms with E-state index in [4.69, 9.17) is 0 Å². The third kappa shape index (κ3) is 5.71. The molecule has 0 spiro atoms. The number of halogens is 1. The molecule has 2 N–H and O–H groups in total. The summed E-state index contributed by atoms with van der Waals surface area (Å²) in [5, 5.41) is 6.30. The number of nitrogens with zero attached hydrogens (tertiary/aromatic N) is 1. The molecule has 2 fully saturated rings. The first-order valence-electron chi connectivity index (χ1n) is 9.46. The average molecular weight is 380 g/mol. The number of benzene rings is 1. The molecule has 2 amide bonds. The van der Waals surface area contributed by atoms with E-state index < -0.39 is 0 Å². The SMILES string of the molecule is Cc1ccc(CC(=O)N2CCCC(CNC(=O)C3CCCN3)C2)cc1.Cl. The number of hydrogen-bond donors (Lipinski definition) is 2. The molecule has 0 aliphatic carbocycles. The lowest BCUT2D eigenvalue weighted by Gasteiger charge is -2.33. The van der Waals surface area contributed by atoms with Crippen LogP contribution in [0.3, 0.4) is 0 Å². The molecule has 2 atom stereocenters. The molecular formula is C20H30ClN3O2. The highest BCUT2D eigenvalue weighted by molar-refractivity contribution is 5.85. The summed E-state index contributed by atoms with van der Waals surface area (Å²) in [5.74, 6) is 0.666. The highest BCUT2D eigenvalue weighted by Gasteiger charge is 2.26. The summed E-state index contributed by atoms with van der Waals surface area (Å²) in [7, 11) is 0. The molecule has 2 aliphatic heterocycles. The largest absolute Gasteiger partial charge is 0.354 e. The Labute approximate surface area is 162 Å². The number of hydrogen-bond acceptors (Lipinski definition) is 3. The number of carbonyl (C=O) groups excluding carboxylic acids is 2. The van der Waals surface area contributed by atoms with E-state index in [1.165, 1.54) is 5.56 Å². The van der Waals surface area contributed by atoms with Gasteiger partial charge in [0.25, 0.3) is 0 Å². The molecule has 2 aliphatic rings. The first-order chi connectivity index (χ1) is 12.1. The number of aryl methyl sites for hydroxylation is 1. The molecule has 0 bridgehead atoms. The molecule has 0 saturated carbocycles. The van der Waals surface area contributed by atoms with Crippen LogP contribution in [0.15, 0.2) is 24.3 Å². The Morgan fingerprint density at radius 1 is 1.19 bits per heavy atom. The van der Waals surface area contributed by atoms with Crippen molar-refractivity contribution in [2.75, 3.05) is 26.2 Å². The third-order valence-electron chi connectivity index (χ3n) is 5.29. The zero-order valence-corrected chi connectivity index (χ0v) is 16.3. The maximum Gasteiger partial charge on any atom is 0.237 e. The van der Waals surface area contributed by atoms with Crippen LogP contribution in [0, 0.1) is 12.8 Å². The topological polar surface area (TPSA) is 61.4 Å². The van der Waals surface area contributed by atoms with Crippen LogP contribution in [0.25, 0.3) is 0 Å². The first kappa shape index (κ1) is 20.7. The monoisotopic (exact) mass is 379 g/mol. The van der Waals surface area contributed by atoms with Crippen molar-refractivity contribution in [3.8, 4) is 0 Å². The van der Waals surface area contributed by atoms with Gasteiger partial charge >= 0.3 is 0 Å². The number of nitrogens with one attached hydrogen (secondary N) is 2. The van der Waals surface area contributed by atoms with E-state index >= 15 is 0 Å². The van der Waals surface area contributed by atoms with E-state index in [1.807, 2.05) is 29.2 Å². The van der Waals surface area contributed by atoms with Crippen molar-refractivity contribution >= 4 is 24.2 Å². The molecule has 2 heterocycles. The van der Waals surface area contributed by atoms with Gasteiger partial charge in [0.15, 0.2) is 0 Å². The number of rotatable bonds is 5. The minimum absolute atomic E-state index is 0. The fourth-order valence-electron chi connectivity index (χ4n) is 3.73. The summed E-state index contributed by atoms with van der Waals surface area (Å²) < 4.78 is 0. The Bertz CT molecular complexity index is 600. The van der Waals surface area contributed by atoms with Gasteiger partial charge < -0.3 is 15.5 Å². The molecule has 3 rings (SSSR count). The van der Waals surface area contributed by atoms with E-state index in [9.17, 15) is 9.59 Å². The van der Waals surface area contributed by atoms with Gasteiger partial charge in [0.1, 0.15) is 0 Å². The smallest absolute Gasteiger partial charge is 0.237 e. The molecule has 5 nitrogen and oxygen atoms in total. The number of piperidine rings is 1. The van der Waals surface area contributed by atoms with Crippen LogP contribution < -0.4 is 10.6 Å². The van der Waals surface area contributed by atoms with Gasteiger partial charge in [-0.3, -0.25) is 9.59 Å². The van der Waals surface area contributed by atoms with E-state index in [0.29, 0.717) is 18.9 Å². The first-order valence-corrected chi connectivity index (χ1v) is 9.46. The Morgan fingerprint density at radius 2 is 1.96 bits per heavy atom. The summed E-state index contributed by atoms with van der Waals surface area (Å²) in [5.41, 5.74) is 2.28. The van der Waals surface area contributed by atoms with Crippen LogP contribution in [0.1, 0.15) is 36.8 Å². The van der Waals surface area contributed by atoms with Crippen molar-refractivity contribution in [3.05, 3.63) is 35.4 Å². The molecule has 1 aromatic carbocycles. The summed E-state index contributed by atoms with van der Waals surface area (Å²) in [4.78, 5) is 26.7. The normalized spacial score (nSPS) is 22.6. The lowest BCUT2D eigenvalue weighted by atomic mass is 9.97. The molecule has 26 heavy (non-hydrogen) atoms. The highest BCUT2D eigenvalue weighted by Crippen LogP contribution is 2.17. The van der Waals surface area contributed by atoms with E-state index in [2.05, 4.69) is 17.6 Å². The molecular weight excluding hydrogens is 350 g/mol. The minimum Gasteiger partial charge on any atom is -0.354 e. The van der Waals surface area contributed by atoms with E-state index in [0.717, 1.165) is 50.9 Å². The maximum absolute atomic E-state index is 12.6. The van der Waals surface area contributed by atoms with Crippen LogP contribution in [0.4, 0.5) is 0 Å². The Morgan fingerprint density at radius 3 is 2.65 bits per heavy atom. The fraction of sp³-hybridized carbons (Fsp3) is 0.600. The van der Waals surface area contributed by atoms with Crippen molar-refractivity contribution in [1.82, 2.24) is 15.5 Å². The zero-order valence-electron chi connectivity index (χ0n) is 15.5. The number of amides is 2. The summed E-state index contributed by atoms with van der Waals surface area (Å²) in [6.07, 6.45) is 4.56. The molecule has 6 heteroatoms. The molecule has 144 valence electrons. The van der Waals surface area contributed by atoms with Gasteiger partial charge in [-0.15, -0.1) is 12.4 Å². The second-order valence-electron chi connectivity index (χ2n) is 7.40. The van der Waals surface area contributed by atoms with Crippen molar-refractivity contribution in [1.29, 1.82) is 0 Å². The predicted molar refractivity (Wildman–Crippen MR) is 105 cm³/mol. The van der Waals surface area contributed by atoms with Gasteiger partial charge in [-0.2, -0.15) is 0 Å². The van der Waals surface area contributed by atoms with Crippen molar-refractivity contribution in [3.63, 3.8) is 0 Å². The third-order valence-corrected chi connectivity index (χ3v) is 5.29. The Kier molecular flexibility index (Phi) is 7.91. The van der Waals surface area contributed by atoms with Crippen molar-refractivity contribution in [2.45, 2.75) is 45.1 Å². The maximum atomic E-state index is 12.6. The van der Waals surface area contributed by atoms with Crippen LogP contribution in [-0.2, 0) is 16.0 Å². The highest BCUT2D eigenvalue weighted by atomic mass is 35.5. The standard InChI is InChI=1S/C20H29N3O2.ClH/c1-15-6-8-16(9-7-15)12-19(24)23-11-3-4-17(14-23)13-22-20(25)18-5-2-10-21-18;/h6-9,17-18,21H,2-5,10-14H2,1H3,(H,22,25);1H. The van der Waals surface area contributed by atoms with Crippen molar-refractivity contribution in [2.24, 2.45) is 5.92 Å². The van der Waals surface area contributed by atoms with Gasteiger partial charge in [-0.25, -0.2) is 0 Å².